The summed E-state index contributed by atoms with van der Waals surface area (Å²) in [7, 11) is 0. The predicted molar refractivity (Wildman–Crippen MR) is 99.4 cm³/mol. The highest BCUT2D eigenvalue weighted by molar-refractivity contribution is 9.10. The fourth-order valence-electron chi connectivity index (χ4n) is 2.74. The minimum Gasteiger partial charge on any atom is -0.347 e. The van der Waals surface area contributed by atoms with Crippen molar-refractivity contribution >= 4 is 27.5 Å². The normalized spacial score (nSPS) is 11.0. The summed E-state index contributed by atoms with van der Waals surface area (Å²) in [6.45, 7) is 6.57. The lowest BCUT2D eigenvalue weighted by Gasteiger charge is -2.08. The molecular weight excluding hydrogens is 366 g/mol. The average Bonchev–Trinajstić information content (AvgIpc) is 2.93. The zero-order valence-electron chi connectivity index (χ0n) is 14.1. The lowest BCUT2D eigenvalue weighted by atomic mass is 10.1. The molecule has 0 bridgehead atoms. The number of hydrogen-bond donors (Lipinski definition) is 1. The molecule has 0 radical (unpaired) electrons. The van der Waals surface area contributed by atoms with Crippen molar-refractivity contribution in [3.63, 3.8) is 0 Å². The Morgan fingerprint density at radius 3 is 2.58 bits per heavy atom. The number of hydrogen-bond acceptors (Lipinski definition) is 2. The van der Waals surface area contributed by atoms with Crippen LogP contribution in [0.4, 0.5) is 0 Å². The van der Waals surface area contributed by atoms with Crippen molar-refractivity contribution in [2.24, 2.45) is 0 Å². The van der Waals surface area contributed by atoms with Gasteiger partial charge in [-0.1, -0.05) is 36.8 Å². The molecule has 24 heavy (non-hydrogen) atoms. The molecule has 0 fully saturated rings. The topological polar surface area (TPSA) is 46.4 Å². The Hall–Kier alpha value is -2.14. The van der Waals surface area contributed by atoms with Crippen molar-refractivity contribution < 1.29 is 4.79 Å². The second-order valence-electron chi connectivity index (χ2n) is 5.99. The lowest BCUT2D eigenvalue weighted by Crippen LogP contribution is -2.25. The Morgan fingerprint density at radius 1 is 1.21 bits per heavy atom. The predicted octanol–water partition coefficient (Wildman–Crippen LogP) is 4.21. The maximum absolute atomic E-state index is 12.8. The number of benzene rings is 1. The molecule has 1 N–H and O–H groups in total. The number of aryl methyl sites for hydroxylation is 3. The number of imidazole rings is 1. The number of carbonyl (C=O) groups is 1. The van der Waals surface area contributed by atoms with Gasteiger partial charge in [-0.3, -0.25) is 9.20 Å². The molecule has 3 aromatic rings. The largest absolute Gasteiger partial charge is 0.347 e. The number of amides is 1. The van der Waals surface area contributed by atoms with Gasteiger partial charge in [-0.2, -0.15) is 0 Å². The highest BCUT2D eigenvalue weighted by Gasteiger charge is 2.19. The third kappa shape index (κ3) is 3.22. The first kappa shape index (κ1) is 16.7. The maximum atomic E-state index is 12.8. The van der Waals surface area contributed by atoms with E-state index in [2.05, 4.69) is 33.2 Å². The van der Waals surface area contributed by atoms with Gasteiger partial charge in [-0.25, -0.2) is 4.98 Å². The number of fused-ring (bicyclic) bond motifs is 1. The van der Waals surface area contributed by atoms with E-state index in [-0.39, 0.29) is 5.91 Å². The summed E-state index contributed by atoms with van der Waals surface area (Å²) in [6.07, 6.45) is 2.66. The first-order chi connectivity index (χ1) is 11.5. The van der Waals surface area contributed by atoms with Crippen molar-refractivity contribution in [2.75, 3.05) is 0 Å². The van der Waals surface area contributed by atoms with Crippen LogP contribution in [0.3, 0.4) is 0 Å². The van der Waals surface area contributed by atoms with Gasteiger partial charge in [-0.15, -0.1) is 0 Å². The number of nitrogens with one attached hydrogen (secondary N) is 1. The zero-order chi connectivity index (χ0) is 17.3. The molecule has 0 aliphatic rings. The van der Waals surface area contributed by atoms with Crippen molar-refractivity contribution in [1.29, 1.82) is 0 Å². The van der Waals surface area contributed by atoms with E-state index in [1.54, 1.807) is 0 Å². The quantitative estimate of drug-likeness (QED) is 0.730. The molecule has 4 nitrogen and oxygen atoms in total. The smallest absolute Gasteiger partial charge is 0.270 e. The van der Waals surface area contributed by atoms with Gasteiger partial charge in [0.15, 0.2) is 5.65 Å². The number of halogens is 1. The van der Waals surface area contributed by atoms with Crippen molar-refractivity contribution in [2.45, 2.75) is 33.7 Å². The summed E-state index contributed by atoms with van der Waals surface area (Å²) in [5.74, 6) is -0.0996. The monoisotopic (exact) mass is 385 g/mol. The van der Waals surface area contributed by atoms with Crippen LogP contribution in [-0.4, -0.2) is 15.3 Å². The summed E-state index contributed by atoms with van der Waals surface area (Å²) >= 11 is 3.54. The summed E-state index contributed by atoms with van der Waals surface area (Å²) in [6, 6.07) is 10.2. The highest BCUT2D eigenvalue weighted by atomic mass is 79.9. The van der Waals surface area contributed by atoms with E-state index in [0.717, 1.165) is 26.9 Å². The first-order valence-corrected chi connectivity index (χ1v) is 8.79. The molecule has 2 aromatic heterocycles. The molecule has 3 rings (SSSR count). The summed E-state index contributed by atoms with van der Waals surface area (Å²) in [5.41, 5.74) is 5.56. The van der Waals surface area contributed by atoms with Gasteiger partial charge in [0.2, 0.25) is 0 Å². The summed E-state index contributed by atoms with van der Waals surface area (Å²) in [5, 5.41) is 3.01. The third-order valence-electron chi connectivity index (χ3n) is 4.01. The number of aromatic nitrogens is 2. The highest BCUT2D eigenvalue weighted by Crippen LogP contribution is 2.23. The number of pyridine rings is 1. The van der Waals surface area contributed by atoms with E-state index in [4.69, 9.17) is 0 Å². The van der Waals surface area contributed by atoms with E-state index in [1.165, 1.54) is 5.56 Å². The molecular formula is C19H20BrN3O. The molecule has 5 heteroatoms. The van der Waals surface area contributed by atoms with Crippen LogP contribution in [0.2, 0.25) is 0 Å². The van der Waals surface area contributed by atoms with Gasteiger partial charge in [0.1, 0.15) is 5.69 Å². The molecule has 0 aliphatic carbocycles. The molecule has 124 valence electrons. The van der Waals surface area contributed by atoms with Gasteiger partial charge >= 0.3 is 0 Å². The van der Waals surface area contributed by atoms with E-state index in [1.807, 2.05) is 54.8 Å². The zero-order valence-corrected chi connectivity index (χ0v) is 15.6. The van der Waals surface area contributed by atoms with Gasteiger partial charge in [0.05, 0.1) is 10.2 Å². The van der Waals surface area contributed by atoms with Gasteiger partial charge in [-0.05, 0) is 53.4 Å². The van der Waals surface area contributed by atoms with Crippen LogP contribution >= 0.6 is 15.9 Å². The third-order valence-corrected chi connectivity index (χ3v) is 4.59. The average molecular weight is 386 g/mol. The van der Waals surface area contributed by atoms with Crippen LogP contribution in [0.25, 0.3) is 5.65 Å². The van der Waals surface area contributed by atoms with E-state index < -0.39 is 0 Å². The summed E-state index contributed by atoms with van der Waals surface area (Å²) < 4.78 is 2.78. The molecule has 0 saturated heterocycles. The Morgan fingerprint density at radius 2 is 1.92 bits per heavy atom. The van der Waals surface area contributed by atoms with Crippen LogP contribution in [0.5, 0.6) is 0 Å². The minimum atomic E-state index is -0.0996. The van der Waals surface area contributed by atoms with Crippen LogP contribution in [-0.2, 0) is 13.0 Å². The van der Waals surface area contributed by atoms with Gasteiger partial charge < -0.3 is 5.32 Å². The SMILES string of the molecule is CCc1nc2c(Br)cc(C)cn2c1C(=O)NCc1ccc(C)cc1. The van der Waals surface area contributed by atoms with Crippen LogP contribution in [0, 0.1) is 13.8 Å². The molecule has 1 amide bonds. The van der Waals surface area contributed by atoms with Crippen LogP contribution in [0.1, 0.15) is 39.8 Å². The van der Waals surface area contributed by atoms with E-state index in [9.17, 15) is 4.79 Å². The second kappa shape index (κ2) is 6.77. The minimum absolute atomic E-state index is 0.0996. The summed E-state index contributed by atoms with van der Waals surface area (Å²) in [4.78, 5) is 17.4. The fourth-order valence-corrected chi connectivity index (χ4v) is 3.38. The Balaban J connectivity index is 1.92. The van der Waals surface area contributed by atoms with Gasteiger partial charge in [0.25, 0.3) is 5.91 Å². The van der Waals surface area contributed by atoms with E-state index >= 15 is 0 Å². The Bertz CT molecular complexity index is 897. The van der Waals surface area contributed by atoms with Crippen molar-refractivity contribution in [3.8, 4) is 0 Å². The lowest BCUT2D eigenvalue weighted by molar-refractivity contribution is 0.0944. The van der Waals surface area contributed by atoms with E-state index in [0.29, 0.717) is 18.7 Å². The number of carbonyl (C=O) groups excluding carboxylic acids is 1. The van der Waals surface area contributed by atoms with Crippen molar-refractivity contribution in [1.82, 2.24) is 14.7 Å². The molecule has 0 aliphatic heterocycles. The Labute approximate surface area is 150 Å². The first-order valence-electron chi connectivity index (χ1n) is 8.00. The maximum Gasteiger partial charge on any atom is 0.270 e. The van der Waals surface area contributed by atoms with Gasteiger partial charge in [0, 0.05) is 12.7 Å². The van der Waals surface area contributed by atoms with Crippen molar-refractivity contribution in [3.05, 3.63) is 69.1 Å². The molecule has 0 unspecified atom stereocenters. The standard InChI is InChI=1S/C19H20BrN3O/c1-4-16-17(23-11-13(3)9-15(20)18(23)22-16)19(24)21-10-14-7-5-12(2)6-8-14/h5-9,11H,4,10H2,1-3H3,(H,21,24). The number of rotatable bonds is 4. The number of nitrogens with zero attached hydrogens (tertiary/aromatic N) is 2. The molecule has 0 spiro atoms. The molecule has 0 saturated carbocycles. The van der Waals surface area contributed by atoms with Crippen LogP contribution < -0.4 is 5.32 Å². The molecule has 1 aromatic carbocycles. The van der Waals surface area contributed by atoms with Crippen LogP contribution in [0.15, 0.2) is 41.0 Å². The Kier molecular flexibility index (Phi) is 4.71. The molecule has 2 heterocycles. The second-order valence-corrected chi connectivity index (χ2v) is 6.84. The fraction of sp³-hybridized carbons (Fsp3) is 0.263. The molecule has 0 atom stereocenters.